The number of halogens is 1. The van der Waals surface area contributed by atoms with Gasteiger partial charge in [-0.2, -0.15) is 0 Å². The van der Waals surface area contributed by atoms with E-state index in [4.69, 9.17) is 9.47 Å². The van der Waals surface area contributed by atoms with Crippen LogP contribution >= 0.6 is 0 Å². The van der Waals surface area contributed by atoms with Crippen LogP contribution in [0.15, 0.2) is 72.8 Å². The summed E-state index contributed by atoms with van der Waals surface area (Å²) in [5.74, 6) is -5.81. The molecular formula is C26H22FNO7. The summed E-state index contributed by atoms with van der Waals surface area (Å²) in [5.41, 5.74) is 1.49. The van der Waals surface area contributed by atoms with Crippen molar-refractivity contribution in [1.82, 2.24) is 0 Å². The molecule has 0 heterocycles. The number of carbonyl (C=O) groups excluding carboxylic acids is 3. The summed E-state index contributed by atoms with van der Waals surface area (Å²) in [4.78, 5) is 50.3. The molecule has 35 heavy (non-hydrogen) atoms. The maximum atomic E-state index is 14.1. The summed E-state index contributed by atoms with van der Waals surface area (Å²) < 4.78 is 24.4. The Bertz CT molecular complexity index is 1240. The molecular weight excluding hydrogens is 457 g/mol. The number of nitrogens with one attached hydrogen (secondary N) is 1. The average Bonchev–Trinajstić information content (AvgIpc) is 2.83. The number of para-hydroxylation sites is 1. The number of benzene rings is 3. The van der Waals surface area contributed by atoms with Crippen molar-refractivity contribution in [2.24, 2.45) is 0 Å². The Kier molecular flexibility index (Phi) is 7.93. The van der Waals surface area contributed by atoms with Crippen LogP contribution in [0.25, 0.3) is 0 Å². The lowest BCUT2D eigenvalue weighted by Crippen LogP contribution is -2.48. The molecule has 3 rings (SSSR count). The lowest BCUT2D eigenvalue weighted by molar-refractivity contribution is -0.157. The highest BCUT2D eigenvalue weighted by molar-refractivity contribution is 6.01. The van der Waals surface area contributed by atoms with Crippen molar-refractivity contribution < 1.29 is 38.1 Å². The SMILES string of the molecule is Cc1ccc(C(=O)OC(C(=O)O)C(OC(=O)c2ccc(C)cc2)C(=O)Nc2ccccc2F)cc1. The first kappa shape index (κ1) is 25.1. The summed E-state index contributed by atoms with van der Waals surface area (Å²) in [5, 5.41) is 11.9. The zero-order chi connectivity index (χ0) is 25.5. The Morgan fingerprint density at radius 2 is 1.20 bits per heavy atom. The monoisotopic (exact) mass is 479 g/mol. The van der Waals surface area contributed by atoms with E-state index in [-0.39, 0.29) is 16.8 Å². The minimum Gasteiger partial charge on any atom is -0.478 e. The Labute approximate surface area is 200 Å². The number of hydrogen-bond donors (Lipinski definition) is 2. The summed E-state index contributed by atoms with van der Waals surface area (Å²) in [6, 6.07) is 17.3. The van der Waals surface area contributed by atoms with Crippen molar-refractivity contribution in [3.63, 3.8) is 0 Å². The number of ether oxygens (including phenoxy) is 2. The summed E-state index contributed by atoms with van der Waals surface area (Å²) >= 11 is 0. The van der Waals surface area contributed by atoms with Crippen molar-refractivity contribution >= 4 is 29.5 Å². The van der Waals surface area contributed by atoms with E-state index in [1.54, 1.807) is 38.1 Å². The van der Waals surface area contributed by atoms with Gasteiger partial charge in [-0.3, -0.25) is 4.79 Å². The van der Waals surface area contributed by atoms with Crippen LogP contribution < -0.4 is 5.32 Å². The number of carbonyl (C=O) groups is 4. The Hall–Kier alpha value is -4.53. The maximum Gasteiger partial charge on any atom is 0.349 e. The van der Waals surface area contributed by atoms with Gasteiger partial charge in [-0.15, -0.1) is 0 Å². The number of carboxylic acids is 1. The van der Waals surface area contributed by atoms with E-state index in [1.807, 2.05) is 0 Å². The van der Waals surface area contributed by atoms with Gasteiger partial charge in [0.1, 0.15) is 5.82 Å². The van der Waals surface area contributed by atoms with Gasteiger partial charge < -0.3 is 19.9 Å². The topological polar surface area (TPSA) is 119 Å². The molecule has 2 unspecified atom stereocenters. The number of aliphatic carboxylic acids is 1. The van der Waals surface area contributed by atoms with Crippen LogP contribution in [0.5, 0.6) is 0 Å². The second-order valence-electron chi connectivity index (χ2n) is 7.69. The maximum absolute atomic E-state index is 14.1. The third kappa shape index (κ3) is 6.50. The zero-order valence-corrected chi connectivity index (χ0v) is 18.9. The second-order valence-corrected chi connectivity index (χ2v) is 7.69. The van der Waals surface area contributed by atoms with Crippen LogP contribution in [0.2, 0.25) is 0 Å². The third-order valence-corrected chi connectivity index (χ3v) is 4.95. The number of carboxylic acid groups (broad SMARTS) is 1. The molecule has 8 nitrogen and oxygen atoms in total. The van der Waals surface area contributed by atoms with E-state index in [1.165, 1.54) is 42.5 Å². The van der Waals surface area contributed by atoms with Crippen LogP contribution in [0, 0.1) is 19.7 Å². The number of amides is 1. The fraction of sp³-hybridized carbons (Fsp3) is 0.154. The molecule has 2 atom stereocenters. The largest absolute Gasteiger partial charge is 0.478 e. The van der Waals surface area contributed by atoms with Crippen LogP contribution in [0.3, 0.4) is 0 Å². The van der Waals surface area contributed by atoms with Gasteiger partial charge in [0.05, 0.1) is 16.8 Å². The molecule has 3 aromatic carbocycles. The van der Waals surface area contributed by atoms with Crippen LogP contribution in [0.1, 0.15) is 31.8 Å². The van der Waals surface area contributed by atoms with Crippen molar-refractivity contribution in [1.29, 1.82) is 0 Å². The quantitative estimate of drug-likeness (QED) is 0.470. The van der Waals surface area contributed by atoms with Crippen LogP contribution in [-0.4, -0.2) is 41.1 Å². The van der Waals surface area contributed by atoms with Crippen molar-refractivity contribution in [3.8, 4) is 0 Å². The van der Waals surface area contributed by atoms with E-state index < -0.39 is 41.8 Å². The minimum absolute atomic E-state index is 0.0278. The minimum atomic E-state index is -2.22. The number of anilines is 1. The van der Waals surface area contributed by atoms with Crippen molar-refractivity contribution in [2.45, 2.75) is 26.1 Å². The molecule has 0 saturated carbocycles. The molecule has 0 spiro atoms. The molecule has 2 N–H and O–H groups in total. The third-order valence-electron chi connectivity index (χ3n) is 4.95. The molecule has 3 aromatic rings. The first-order valence-electron chi connectivity index (χ1n) is 10.5. The summed E-state index contributed by atoms with van der Waals surface area (Å²) in [6.45, 7) is 3.59. The Balaban J connectivity index is 1.91. The summed E-state index contributed by atoms with van der Waals surface area (Å²) in [7, 11) is 0. The smallest absolute Gasteiger partial charge is 0.349 e. The predicted octanol–water partition coefficient (Wildman–Crippen LogP) is 3.92. The van der Waals surface area contributed by atoms with E-state index >= 15 is 0 Å². The lowest BCUT2D eigenvalue weighted by atomic mass is 10.1. The van der Waals surface area contributed by atoms with Crippen molar-refractivity contribution in [2.75, 3.05) is 5.32 Å². The molecule has 9 heteroatoms. The molecule has 0 aromatic heterocycles. The van der Waals surface area contributed by atoms with Gasteiger partial charge in [-0.05, 0) is 50.2 Å². The van der Waals surface area contributed by atoms with Crippen molar-refractivity contribution in [3.05, 3.63) is 101 Å². The Morgan fingerprint density at radius 3 is 1.66 bits per heavy atom. The first-order valence-corrected chi connectivity index (χ1v) is 10.5. The standard InChI is InChI=1S/C26H22FNO7/c1-15-7-11-17(12-8-15)25(32)34-21(23(29)28-20-6-4-3-5-19(20)27)22(24(30)31)35-26(33)18-13-9-16(2)10-14-18/h3-14,21-22H,1-2H3,(H,28,29)(H,30,31). The normalized spacial score (nSPS) is 12.2. The highest BCUT2D eigenvalue weighted by Gasteiger charge is 2.41. The fourth-order valence-corrected chi connectivity index (χ4v) is 3.01. The number of aryl methyl sites for hydroxylation is 2. The number of hydrogen-bond acceptors (Lipinski definition) is 6. The molecule has 1 amide bonds. The average molecular weight is 479 g/mol. The number of esters is 2. The van der Waals surface area contributed by atoms with Crippen LogP contribution in [-0.2, 0) is 19.1 Å². The molecule has 0 aliphatic heterocycles. The van der Waals surface area contributed by atoms with Gasteiger partial charge >= 0.3 is 17.9 Å². The van der Waals surface area contributed by atoms with Gasteiger partial charge in [0.2, 0.25) is 12.2 Å². The fourth-order valence-electron chi connectivity index (χ4n) is 3.01. The van der Waals surface area contributed by atoms with E-state index in [0.29, 0.717) is 0 Å². The highest BCUT2D eigenvalue weighted by Crippen LogP contribution is 2.18. The second kappa shape index (κ2) is 11.1. The lowest BCUT2D eigenvalue weighted by Gasteiger charge is -2.23. The van der Waals surface area contributed by atoms with E-state index in [9.17, 15) is 28.7 Å². The molecule has 0 aliphatic rings. The Morgan fingerprint density at radius 1 is 0.743 bits per heavy atom. The van der Waals surface area contributed by atoms with Crippen LogP contribution in [0.4, 0.5) is 10.1 Å². The zero-order valence-electron chi connectivity index (χ0n) is 18.9. The molecule has 0 saturated heterocycles. The highest BCUT2D eigenvalue weighted by atomic mass is 19.1. The number of rotatable bonds is 8. The van der Waals surface area contributed by atoms with Gasteiger partial charge in [0.15, 0.2) is 0 Å². The summed E-state index contributed by atoms with van der Waals surface area (Å²) in [6.07, 6.45) is -4.35. The molecule has 0 fully saturated rings. The van der Waals surface area contributed by atoms with E-state index in [2.05, 4.69) is 5.32 Å². The van der Waals surface area contributed by atoms with Gasteiger partial charge in [0, 0.05) is 0 Å². The van der Waals surface area contributed by atoms with E-state index in [0.717, 1.165) is 17.2 Å². The molecule has 0 bridgehead atoms. The van der Waals surface area contributed by atoms with Gasteiger partial charge in [-0.1, -0.05) is 47.5 Å². The molecule has 180 valence electrons. The van der Waals surface area contributed by atoms with Gasteiger partial charge in [-0.25, -0.2) is 18.8 Å². The molecule has 0 aliphatic carbocycles. The predicted molar refractivity (Wildman–Crippen MR) is 123 cm³/mol. The first-order chi connectivity index (χ1) is 16.7. The molecule has 0 radical (unpaired) electrons. The van der Waals surface area contributed by atoms with Gasteiger partial charge in [0.25, 0.3) is 5.91 Å².